The van der Waals surface area contributed by atoms with E-state index in [0.717, 1.165) is 46.4 Å². The SMILES string of the molecule is COc1ccc([C@H](CC(=O)NC2CCCCC2)c2c[nH]c3ccccc23)c(OC)c1. The molecular weight excluding hydrogens is 376 g/mol. The van der Waals surface area contributed by atoms with Gasteiger partial charge in [0.1, 0.15) is 11.5 Å². The summed E-state index contributed by atoms with van der Waals surface area (Å²) in [5, 5.41) is 4.40. The normalized spacial score (nSPS) is 15.7. The first-order chi connectivity index (χ1) is 14.7. The molecule has 1 aliphatic carbocycles. The fourth-order valence-electron chi connectivity index (χ4n) is 4.59. The van der Waals surface area contributed by atoms with E-state index in [9.17, 15) is 4.79 Å². The molecule has 0 bridgehead atoms. The van der Waals surface area contributed by atoms with Gasteiger partial charge in [-0.15, -0.1) is 0 Å². The van der Waals surface area contributed by atoms with Crippen LogP contribution in [0.15, 0.2) is 48.7 Å². The fraction of sp³-hybridized carbons (Fsp3) is 0.400. The lowest BCUT2D eigenvalue weighted by molar-refractivity contribution is -0.122. The van der Waals surface area contributed by atoms with Gasteiger partial charge in [0.25, 0.3) is 0 Å². The number of rotatable bonds is 7. The molecule has 3 aromatic rings. The molecule has 1 amide bonds. The summed E-state index contributed by atoms with van der Waals surface area (Å²) in [6.07, 6.45) is 8.22. The highest BCUT2D eigenvalue weighted by atomic mass is 16.5. The van der Waals surface area contributed by atoms with Gasteiger partial charge < -0.3 is 19.8 Å². The van der Waals surface area contributed by atoms with Gasteiger partial charge in [-0.05, 0) is 30.5 Å². The van der Waals surface area contributed by atoms with Crippen LogP contribution in [0.2, 0.25) is 0 Å². The Labute approximate surface area is 177 Å². The highest BCUT2D eigenvalue weighted by Gasteiger charge is 2.26. The van der Waals surface area contributed by atoms with Crippen LogP contribution in [0.3, 0.4) is 0 Å². The van der Waals surface area contributed by atoms with E-state index in [0.29, 0.717) is 12.5 Å². The van der Waals surface area contributed by atoms with Crippen molar-refractivity contribution in [3.8, 4) is 11.5 Å². The summed E-state index contributed by atoms with van der Waals surface area (Å²) in [5.74, 6) is 1.44. The van der Waals surface area contributed by atoms with Gasteiger partial charge in [-0.3, -0.25) is 4.79 Å². The number of nitrogens with one attached hydrogen (secondary N) is 2. The maximum Gasteiger partial charge on any atom is 0.221 e. The minimum atomic E-state index is -0.120. The van der Waals surface area contributed by atoms with E-state index in [4.69, 9.17) is 9.47 Å². The van der Waals surface area contributed by atoms with Gasteiger partial charge in [0.2, 0.25) is 5.91 Å². The molecule has 0 aliphatic heterocycles. The monoisotopic (exact) mass is 406 g/mol. The standard InChI is InChI=1S/C25H30N2O3/c1-29-18-12-13-20(24(14-18)30-2)21(15-25(28)27-17-8-4-3-5-9-17)22-16-26-23-11-7-6-10-19(22)23/h6-7,10-14,16-17,21,26H,3-5,8-9,15H2,1-2H3,(H,27,28)/t21-/m0/s1. The maximum absolute atomic E-state index is 13.1. The van der Waals surface area contributed by atoms with Crippen molar-refractivity contribution in [3.05, 3.63) is 59.8 Å². The molecule has 0 unspecified atom stereocenters. The zero-order valence-electron chi connectivity index (χ0n) is 17.7. The van der Waals surface area contributed by atoms with Crippen molar-refractivity contribution in [1.29, 1.82) is 0 Å². The highest BCUT2D eigenvalue weighted by Crippen LogP contribution is 2.39. The fourth-order valence-corrected chi connectivity index (χ4v) is 4.59. The lowest BCUT2D eigenvalue weighted by Gasteiger charge is -2.25. The lowest BCUT2D eigenvalue weighted by Crippen LogP contribution is -2.36. The number of para-hydroxylation sites is 1. The van der Waals surface area contributed by atoms with E-state index >= 15 is 0 Å². The second kappa shape index (κ2) is 9.24. The average molecular weight is 407 g/mol. The van der Waals surface area contributed by atoms with Gasteiger partial charge in [-0.25, -0.2) is 0 Å². The lowest BCUT2D eigenvalue weighted by atomic mass is 9.87. The number of carbonyl (C=O) groups excluding carboxylic acids is 1. The minimum absolute atomic E-state index is 0.0926. The van der Waals surface area contributed by atoms with Gasteiger partial charge in [-0.2, -0.15) is 0 Å². The van der Waals surface area contributed by atoms with Crippen LogP contribution in [-0.2, 0) is 4.79 Å². The molecule has 1 aromatic heterocycles. The molecule has 2 N–H and O–H groups in total. The molecule has 4 rings (SSSR count). The van der Waals surface area contributed by atoms with Crippen molar-refractivity contribution in [2.45, 2.75) is 50.5 Å². The van der Waals surface area contributed by atoms with Crippen LogP contribution < -0.4 is 14.8 Å². The molecule has 1 aliphatic rings. The Morgan fingerprint density at radius 1 is 1.07 bits per heavy atom. The average Bonchev–Trinajstić information content (AvgIpc) is 3.22. The van der Waals surface area contributed by atoms with Crippen LogP contribution in [0.5, 0.6) is 11.5 Å². The van der Waals surface area contributed by atoms with E-state index in [1.807, 2.05) is 36.5 Å². The van der Waals surface area contributed by atoms with Crippen molar-refractivity contribution >= 4 is 16.8 Å². The summed E-state index contributed by atoms with van der Waals surface area (Å²) < 4.78 is 11.1. The van der Waals surface area contributed by atoms with Gasteiger partial charge in [0, 0.05) is 47.1 Å². The molecule has 1 atom stereocenters. The number of carbonyl (C=O) groups is 1. The zero-order chi connectivity index (χ0) is 20.9. The van der Waals surface area contributed by atoms with Gasteiger partial charge in [0.15, 0.2) is 0 Å². The van der Waals surface area contributed by atoms with Crippen LogP contribution >= 0.6 is 0 Å². The minimum Gasteiger partial charge on any atom is -0.497 e. The maximum atomic E-state index is 13.1. The Morgan fingerprint density at radius 2 is 1.87 bits per heavy atom. The van der Waals surface area contributed by atoms with Crippen LogP contribution in [0, 0.1) is 0 Å². The van der Waals surface area contributed by atoms with Gasteiger partial charge in [0.05, 0.1) is 14.2 Å². The van der Waals surface area contributed by atoms with Gasteiger partial charge >= 0.3 is 0 Å². The first-order valence-electron chi connectivity index (χ1n) is 10.8. The smallest absolute Gasteiger partial charge is 0.221 e. The van der Waals surface area contributed by atoms with E-state index < -0.39 is 0 Å². The number of hydrogen-bond donors (Lipinski definition) is 2. The molecule has 0 spiro atoms. The van der Waals surface area contributed by atoms with E-state index in [1.165, 1.54) is 19.3 Å². The topological polar surface area (TPSA) is 63.3 Å². The number of aromatic nitrogens is 1. The van der Waals surface area contributed by atoms with Crippen molar-refractivity contribution in [1.82, 2.24) is 10.3 Å². The summed E-state index contributed by atoms with van der Waals surface area (Å²) in [7, 11) is 3.30. The Hall–Kier alpha value is -2.95. The predicted octanol–water partition coefficient (Wildman–Crippen LogP) is 5.16. The third kappa shape index (κ3) is 4.30. The quantitative estimate of drug-likeness (QED) is 0.570. The molecule has 1 saturated carbocycles. The number of hydrogen-bond acceptors (Lipinski definition) is 3. The second-order valence-electron chi connectivity index (χ2n) is 8.06. The van der Waals surface area contributed by atoms with Crippen molar-refractivity contribution in [2.75, 3.05) is 14.2 Å². The number of amides is 1. The number of aromatic amines is 1. The van der Waals surface area contributed by atoms with Crippen molar-refractivity contribution < 1.29 is 14.3 Å². The van der Waals surface area contributed by atoms with E-state index in [-0.39, 0.29) is 11.8 Å². The first-order valence-corrected chi connectivity index (χ1v) is 10.8. The first kappa shape index (κ1) is 20.3. The van der Waals surface area contributed by atoms with E-state index in [2.05, 4.69) is 22.4 Å². The number of ether oxygens (including phenoxy) is 2. The van der Waals surface area contributed by atoms with Crippen LogP contribution in [0.25, 0.3) is 10.9 Å². The summed E-state index contributed by atoms with van der Waals surface area (Å²) in [5.41, 5.74) is 3.16. The number of benzene rings is 2. The second-order valence-corrected chi connectivity index (χ2v) is 8.06. The molecule has 1 fully saturated rings. The molecule has 158 valence electrons. The molecule has 2 aromatic carbocycles. The molecule has 1 heterocycles. The van der Waals surface area contributed by atoms with Crippen LogP contribution in [0.4, 0.5) is 0 Å². The zero-order valence-corrected chi connectivity index (χ0v) is 17.7. The molecule has 30 heavy (non-hydrogen) atoms. The highest BCUT2D eigenvalue weighted by molar-refractivity contribution is 5.86. The van der Waals surface area contributed by atoms with Crippen molar-refractivity contribution in [2.24, 2.45) is 0 Å². The number of methoxy groups -OCH3 is 2. The third-order valence-electron chi connectivity index (χ3n) is 6.17. The predicted molar refractivity (Wildman–Crippen MR) is 119 cm³/mol. The van der Waals surface area contributed by atoms with Crippen LogP contribution in [-0.4, -0.2) is 31.2 Å². The number of fused-ring (bicyclic) bond motifs is 1. The molecular formula is C25H30N2O3. The van der Waals surface area contributed by atoms with Crippen molar-refractivity contribution in [3.63, 3.8) is 0 Å². The Kier molecular flexibility index (Phi) is 6.26. The molecule has 0 radical (unpaired) electrons. The third-order valence-corrected chi connectivity index (χ3v) is 6.17. The largest absolute Gasteiger partial charge is 0.497 e. The Morgan fingerprint density at radius 3 is 2.63 bits per heavy atom. The molecule has 5 heteroatoms. The molecule has 5 nitrogen and oxygen atoms in total. The summed E-state index contributed by atoms with van der Waals surface area (Å²) in [4.78, 5) is 16.4. The van der Waals surface area contributed by atoms with Crippen LogP contribution in [0.1, 0.15) is 55.6 Å². The summed E-state index contributed by atoms with van der Waals surface area (Å²) in [6, 6.07) is 14.3. The summed E-state index contributed by atoms with van der Waals surface area (Å²) >= 11 is 0. The Balaban J connectivity index is 1.69. The Bertz CT molecular complexity index is 1000. The van der Waals surface area contributed by atoms with E-state index in [1.54, 1.807) is 14.2 Å². The number of H-pyrrole nitrogens is 1. The molecule has 0 saturated heterocycles. The summed E-state index contributed by atoms with van der Waals surface area (Å²) in [6.45, 7) is 0. The van der Waals surface area contributed by atoms with Gasteiger partial charge in [-0.1, -0.05) is 43.5 Å².